The summed E-state index contributed by atoms with van der Waals surface area (Å²) in [6.45, 7) is 5.25. The van der Waals surface area contributed by atoms with Gasteiger partial charge in [-0.3, -0.25) is 9.59 Å². The summed E-state index contributed by atoms with van der Waals surface area (Å²) in [4.78, 5) is 22.2. The maximum atomic E-state index is 11.2. The van der Waals surface area contributed by atoms with Crippen LogP contribution in [-0.2, 0) is 14.3 Å². The minimum absolute atomic E-state index is 0.0841. The van der Waals surface area contributed by atoms with E-state index in [4.69, 9.17) is 4.74 Å². The fourth-order valence-electron chi connectivity index (χ4n) is 2.61. The van der Waals surface area contributed by atoms with E-state index >= 15 is 0 Å². The van der Waals surface area contributed by atoms with E-state index < -0.39 is 5.60 Å². The number of carbonyl (C=O) groups is 2. The van der Waals surface area contributed by atoms with Crippen LogP contribution in [0.4, 0.5) is 0 Å². The maximum absolute atomic E-state index is 11.2. The lowest BCUT2D eigenvalue weighted by atomic mass is 9.77. The van der Waals surface area contributed by atoms with E-state index in [2.05, 4.69) is 5.32 Å². The van der Waals surface area contributed by atoms with Crippen molar-refractivity contribution in [2.75, 3.05) is 6.54 Å². The fourth-order valence-corrected chi connectivity index (χ4v) is 2.61. The van der Waals surface area contributed by atoms with Gasteiger partial charge in [-0.05, 0) is 19.8 Å². The molecule has 0 radical (unpaired) electrons. The molecular weight excluding hydrogens is 218 g/mol. The molecule has 4 heteroatoms. The zero-order valence-corrected chi connectivity index (χ0v) is 11.0. The molecule has 1 saturated carbocycles. The number of nitrogens with one attached hydrogen (secondary N) is 1. The normalized spacial score (nSPS) is 20.4. The highest BCUT2D eigenvalue weighted by molar-refractivity contribution is 5.73. The number of carbonyl (C=O) groups excluding carboxylic acids is 2. The van der Waals surface area contributed by atoms with Crippen LogP contribution < -0.4 is 5.32 Å². The van der Waals surface area contributed by atoms with Gasteiger partial charge < -0.3 is 10.1 Å². The molecular formula is C13H23NO3. The van der Waals surface area contributed by atoms with Crippen molar-refractivity contribution in [2.45, 2.75) is 58.5 Å². The number of hydrogen-bond acceptors (Lipinski definition) is 3. The Bertz CT molecular complexity index is 284. The topological polar surface area (TPSA) is 55.4 Å². The van der Waals surface area contributed by atoms with Gasteiger partial charge in [0.05, 0.1) is 6.54 Å². The average Bonchev–Trinajstić information content (AvgIpc) is 2.27. The van der Waals surface area contributed by atoms with Crippen molar-refractivity contribution in [2.24, 2.45) is 5.92 Å². The van der Waals surface area contributed by atoms with E-state index in [1.807, 2.05) is 6.92 Å². The van der Waals surface area contributed by atoms with Gasteiger partial charge in [0.25, 0.3) is 0 Å². The Morgan fingerprint density at radius 3 is 2.29 bits per heavy atom. The van der Waals surface area contributed by atoms with E-state index in [0.29, 0.717) is 12.5 Å². The minimum Gasteiger partial charge on any atom is -0.457 e. The summed E-state index contributed by atoms with van der Waals surface area (Å²) in [6, 6.07) is 0. The van der Waals surface area contributed by atoms with Gasteiger partial charge in [0.15, 0.2) is 0 Å². The Labute approximate surface area is 103 Å². The summed E-state index contributed by atoms with van der Waals surface area (Å²) in [5, 5.41) is 2.77. The SMILES string of the molecule is CC(=O)NC[C@@](C)(OC(C)=O)C1CCCCC1. The Morgan fingerprint density at radius 1 is 1.24 bits per heavy atom. The van der Waals surface area contributed by atoms with Gasteiger partial charge in [0.2, 0.25) is 5.91 Å². The van der Waals surface area contributed by atoms with E-state index in [0.717, 1.165) is 12.8 Å². The molecule has 0 aromatic heterocycles. The van der Waals surface area contributed by atoms with Crippen molar-refractivity contribution < 1.29 is 14.3 Å². The quantitative estimate of drug-likeness (QED) is 0.766. The molecule has 0 unspecified atom stereocenters. The monoisotopic (exact) mass is 241 g/mol. The summed E-state index contributed by atoms with van der Waals surface area (Å²) in [5.74, 6) is -0.00499. The molecule has 1 aliphatic rings. The average molecular weight is 241 g/mol. The lowest BCUT2D eigenvalue weighted by Gasteiger charge is -2.39. The Morgan fingerprint density at radius 2 is 1.82 bits per heavy atom. The molecule has 4 nitrogen and oxygen atoms in total. The van der Waals surface area contributed by atoms with Crippen LogP contribution >= 0.6 is 0 Å². The number of ether oxygens (including phenoxy) is 1. The molecule has 1 amide bonds. The van der Waals surface area contributed by atoms with Crippen molar-refractivity contribution in [3.8, 4) is 0 Å². The molecule has 1 N–H and O–H groups in total. The second kappa shape index (κ2) is 6.03. The Kier molecular flexibility index (Phi) is 4.97. The van der Waals surface area contributed by atoms with Crippen LogP contribution in [0.15, 0.2) is 0 Å². The second-order valence-electron chi connectivity index (χ2n) is 5.15. The number of rotatable bonds is 4. The van der Waals surface area contributed by atoms with Gasteiger partial charge in [-0.15, -0.1) is 0 Å². The summed E-state index contributed by atoms with van der Waals surface area (Å²) in [7, 11) is 0. The molecule has 0 heterocycles. The predicted molar refractivity (Wildman–Crippen MR) is 65.4 cm³/mol. The number of amides is 1. The van der Waals surface area contributed by atoms with Crippen molar-refractivity contribution >= 4 is 11.9 Å². The van der Waals surface area contributed by atoms with Gasteiger partial charge in [0.1, 0.15) is 5.60 Å². The van der Waals surface area contributed by atoms with Crippen LogP contribution in [0.3, 0.4) is 0 Å². The fraction of sp³-hybridized carbons (Fsp3) is 0.846. The number of hydrogen-bond donors (Lipinski definition) is 1. The Hall–Kier alpha value is -1.06. The zero-order valence-electron chi connectivity index (χ0n) is 11.0. The predicted octanol–water partition coefficient (Wildman–Crippen LogP) is 2.02. The molecule has 0 saturated heterocycles. The first-order valence-electron chi connectivity index (χ1n) is 6.38. The third kappa shape index (κ3) is 4.36. The highest BCUT2D eigenvalue weighted by Gasteiger charge is 2.37. The molecule has 1 rings (SSSR count). The third-order valence-corrected chi connectivity index (χ3v) is 3.53. The highest BCUT2D eigenvalue weighted by Crippen LogP contribution is 2.34. The first-order valence-corrected chi connectivity index (χ1v) is 6.38. The molecule has 17 heavy (non-hydrogen) atoms. The molecule has 0 bridgehead atoms. The van der Waals surface area contributed by atoms with E-state index in [1.54, 1.807) is 0 Å². The van der Waals surface area contributed by atoms with Gasteiger partial charge in [0, 0.05) is 19.8 Å². The molecule has 0 aromatic rings. The van der Waals surface area contributed by atoms with Crippen LogP contribution in [0, 0.1) is 5.92 Å². The molecule has 98 valence electrons. The van der Waals surface area contributed by atoms with E-state index in [9.17, 15) is 9.59 Å². The molecule has 0 spiro atoms. The standard InChI is InChI=1S/C13H23NO3/c1-10(15)14-9-13(3,17-11(2)16)12-7-5-4-6-8-12/h12H,4-9H2,1-3H3,(H,14,15)/t13-/m1/s1. The second-order valence-corrected chi connectivity index (χ2v) is 5.15. The summed E-state index contributed by atoms with van der Waals surface area (Å²) < 4.78 is 5.47. The van der Waals surface area contributed by atoms with Crippen molar-refractivity contribution in [3.05, 3.63) is 0 Å². The van der Waals surface area contributed by atoms with Crippen LogP contribution in [0.1, 0.15) is 52.9 Å². The van der Waals surface area contributed by atoms with Crippen molar-refractivity contribution in [3.63, 3.8) is 0 Å². The van der Waals surface area contributed by atoms with Crippen LogP contribution in [0.25, 0.3) is 0 Å². The Balaban J connectivity index is 2.68. The zero-order chi connectivity index (χ0) is 12.9. The highest BCUT2D eigenvalue weighted by atomic mass is 16.6. The first-order chi connectivity index (χ1) is 7.94. The van der Waals surface area contributed by atoms with Gasteiger partial charge in [-0.25, -0.2) is 0 Å². The van der Waals surface area contributed by atoms with Crippen molar-refractivity contribution in [1.29, 1.82) is 0 Å². The van der Waals surface area contributed by atoms with Crippen LogP contribution in [-0.4, -0.2) is 24.0 Å². The third-order valence-electron chi connectivity index (χ3n) is 3.53. The first kappa shape index (κ1) is 14.0. The summed E-state index contributed by atoms with van der Waals surface area (Å²) in [5.41, 5.74) is -0.558. The van der Waals surface area contributed by atoms with Crippen molar-refractivity contribution in [1.82, 2.24) is 5.32 Å². The minimum atomic E-state index is -0.558. The molecule has 1 aliphatic carbocycles. The number of esters is 1. The largest absolute Gasteiger partial charge is 0.457 e. The van der Waals surface area contributed by atoms with Crippen LogP contribution in [0.2, 0.25) is 0 Å². The smallest absolute Gasteiger partial charge is 0.303 e. The lowest BCUT2D eigenvalue weighted by Crippen LogP contribution is -2.49. The lowest BCUT2D eigenvalue weighted by molar-refractivity contribution is -0.163. The summed E-state index contributed by atoms with van der Waals surface area (Å²) >= 11 is 0. The van der Waals surface area contributed by atoms with E-state index in [-0.39, 0.29) is 11.9 Å². The van der Waals surface area contributed by atoms with E-state index in [1.165, 1.54) is 33.1 Å². The molecule has 1 atom stereocenters. The molecule has 0 aliphatic heterocycles. The van der Waals surface area contributed by atoms with Gasteiger partial charge in [-0.2, -0.15) is 0 Å². The molecule has 1 fully saturated rings. The maximum Gasteiger partial charge on any atom is 0.303 e. The summed E-state index contributed by atoms with van der Waals surface area (Å²) in [6.07, 6.45) is 5.77. The van der Waals surface area contributed by atoms with Gasteiger partial charge >= 0.3 is 5.97 Å². The van der Waals surface area contributed by atoms with Crippen LogP contribution in [0.5, 0.6) is 0 Å². The molecule has 0 aromatic carbocycles. The van der Waals surface area contributed by atoms with Gasteiger partial charge in [-0.1, -0.05) is 19.3 Å².